The van der Waals surface area contributed by atoms with Crippen LogP contribution >= 0.6 is 0 Å². The van der Waals surface area contributed by atoms with Crippen LogP contribution in [0.25, 0.3) is 0 Å². The van der Waals surface area contributed by atoms with Crippen molar-refractivity contribution < 1.29 is 19.4 Å². The molecule has 1 spiro atoms. The number of carbonyl (C=O) groups excluding carboxylic acids is 2. The lowest BCUT2D eigenvalue weighted by atomic mass is 9.58. The van der Waals surface area contributed by atoms with Crippen LogP contribution in [-0.2, 0) is 14.3 Å². The number of hydrogen-bond acceptors (Lipinski definition) is 4. The van der Waals surface area contributed by atoms with Crippen molar-refractivity contribution in [2.24, 2.45) is 11.3 Å². The number of rotatable bonds is 1. The van der Waals surface area contributed by atoms with Gasteiger partial charge in [-0.2, -0.15) is 0 Å². The Kier molecular flexibility index (Phi) is 1.97. The zero-order valence-electron chi connectivity index (χ0n) is 10.7. The zero-order chi connectivity index (χ0) is 13.3. The third-order valence-corrected chi connectivity index (χ3v) is 4.51. The van der Waals surface area contributed by atoms with Gasteiger partial charge in [0.05, 0.1) is 11.5 Å². The van der Waals surface area contributed by atoms with Crippen LogP contribution in [0.1, 0.15) is 27.2 Å². The normalized spacial score (nSPS) is 44.9. The molecule has 4 nitrogen and oxygen atoms in total. The van der Waals surface area contributed by atoms with Gasteiger partial charge in [0.25, 0.3) is 0 Å². The highest BCUT2D eigenvalue weighted by molar-refractivity contribution is 6.23. The third kappa shape index (κ3) is 0.929. The Morgan fingerprint density at radius 3 is 2.56 bits per heavy atom. The second-order valence-electron chi connectivity index (χ2n) is 5.80. The van der Waals surface area contributed by atoms with E-state index in [2.05, 4.69) is 0 Å². The van der Waals surface area contributed by atoms with E-state index in [9.17, 15) is 14.7 Å². The summed E-state index contributed by atoms with van der Waals surface area (Å²) in [7, 11) is 0. The number of fused-ring (bicyclic) bond motifs is 2. The summed E-state index contributed by atoms with van der Waals surface area (Å²) < 4.78 is 5.55. The van der Waals surface area contributed by atoms with E-state index in [1.807, 2.05) is 20.8 Å². The van der Waals surface area contributed by atoms with Crippen LogP contribution in [0, 0.1) is 11.3 Å². The molecule has 3 atom stereocenters. The molecule has 96 valence electrons. The minimum Gasteiger partial charge on any atom is -0.364 e. The number of allylic oxidation sites excluding steroid dienone is 3. The summed E-state index contributed by atoms with van der Waals surface area (Å²) in [6.07, 6.45) is 5.07. The van der Waals surface area contributed by atoms with E-state index in [0.29, 0.717) is 5.57 Å². The fourth-order valence-electron chi connectivity index (χ4n) is 3.67. The summed E-state index contributed by atoms with van der Waals surface area (Å²) in [4.78, 5) is 24.3. The third-order valence-electron chi connectivity index (χ3n) is 4.51. The molecule has 0 aromatic heterocycles. The first-order chi connectivity index (χ1) is 8.30. The smallest absolute Gasteiger partial charge is 0.196 e. The number of aliphatic hydroxyl groups is 1. The van der Waals surface area contributed by atoms with Gasteiger partial charge in [-0.05, 0) is 32.4 Å². The molecule has 18 heavy (non-hydrogen) atoms. The molecule has 0 aromatic rings. The quantitative estimate of drug-likeness (QED) is 0.707. The van der Waals surface area contributed by atoms with Crippen LogP contribution in [0.5, 0.6) is 0 Å². The fourth-order valence-corrected chi connectivity index (χ4v) is 3.67. The van der Waals surface area contributed by atoms with Gasteiger partial charge in [0.2, 0.25) is 0 Å². The SMILES string of the molecule is C/C=C/C1=CC(=O)C12C(=O)CC1C(C)(C)OC12O. The van der Waals surface area contributed by atoms with Crippen molar-refractivity contribution in [1.29, 1.82) is 0 Å². The molecule has 0 radical (unpaired) electrons. The maximum atomic E-state index is 12.3. The molecule has 1 aliphatic heterocycles. The van der Waals surface area contributed by atoms with E-state index < -0.39 is 16.8 Å². The Hall–Kier alpha value is -1.26. The van der Waals surface area contributed by atoms with E-state index in [4.69, 9.17) is 4.74 Å². The minimum absolute atomic E-state index is 0.199. The molecule has 3 aliphatic rings. The van der Waals surface area contributed by atoms with Gasteiger partial charge < -0.3 is 9.84 Å². The van der Waals surface area contributed by atoms with E-state index in [0.717, 1.165) is 0 Å². The summed E-state index contributed by atoms with van der Waals surface area (Å²) in [6, 6.07) is 0. The first-order valence-electron chi connectivity index (χ1n) is 6.16. The van der Waals surface area contributed by atoms with E-state index in [-0.39, 0.29) is 23.9 Å². The van der Waals surface area contributed by atoms with Crippen LogP contribution in [-0.4, -0.2) is 28.1 Å². The van der Waals surface area contributed by atoms with Gasteiger partial charge in [0, 0.05) is 6.42 Å². The van der Waals surface area contributed by atoms with Crippen molar-refractivity contribution in [3.8, 4) is 0 Å². The zero-order valence-corrected chi connectivity index (χ0v) is 10.7. The molecule has 1 heterocycles. The predicted octanol–water partition coefficient (Wildman–Crippen LogP) is 1.14. The second kappa shape index (κ2) is 3.00. The lowest BCUT2D eigenvalue weighted by Crippen LogP contribution is -2.73. The van der Waals surface area contributed by atoms with Crippen molar-refractivity contribution in [1.82, 2.24) is 0 Å². The number of carbonyl (C=O) groups is 2. The molecule has 1 saturated heterocycles. The average molecular weight is 248 g/mol. The first kappa shape index (κ1) is 11.8. The Bertz CT molecular complexity index is 528. The van der Waals surface area contributed by atoms with Crippen molar-refractivity contribution in [2.45, 2.75) is 38.6 Å². The maximum Gasteiger partial charge on any atom is 0.196 e. The molecule has 1 N–H and O–H groups in total. The van der Waals surface area contributed by atoms with Crippen molar-refractivity contribution in [2.75, 3.05) is 0 Å². The fraction of sp³-hybridized carbons (Fsp3) is 0.571. The minimum atomic E-state index is -1.64. The first-order valence-corrected chi connectivity index (χ1v) is 6.16. The van der Waals surface area contributed by atoms with Gasteiger partial charge >= 0.3 is 0 Å². The van der Waals surface area contributed by atoms with Gasteiger partial charge in [-0.15, -0.1) is 0 Å². The van der Waals surface area contributed by atoms with Crippen LogP contribution in [0.2, 0.25) is 0 Å². The summed E-state index contributed by atoms with van der Waals surface area (Å²) in [5, 5.41) is 10.7. The molecule has 0 amide bonds. The molecule has 0 aromatic carbocycles. The lowest BCUT2D eigenvalue weighted by molar-refractivity contribution is -0.411. The molecule has 2 aliphatic carbocycles. The molecular weight excluding hydrogens is 232 g/mol. The Morgan fingerprint density at radius 1 is 1.44 bits per heavy atom. The van der Waals surface area contributed by atoms with Crippen LogP contribution < -0.4 is 0 Å². The maximum absolute atomic E-state index is 12.3. The number of hydrogen-bond donors (Lipinski definition) is 1. The number of ether oxygens (including phenoxy) is 1. The summed E-state index contributed by atoms with van der Waals surface area (Å²) >= 11 is 0. The highest BCUT2D eigenvalue weighted by atomic mass is 16.7. The highest BCUT2D eigenvalue weighted by Crippen LogP contribution is 2.67. The Labute approximate surface area is 105 Å². The summed E-state index contributed by atoms with van der Waals surface area (Å²) in [6.45, 7) is 5.48. The van der Waals surface area contributed by atoms with Crippen LogP contribution in [0.4, 0.5) is 0 Å². The average Bonchev–Trinajstić information content (AvgIpc) is 2.45. The summed E-state index contributed by atoms with van der Waals surface area (Å²) in [5.74, 6) is -2.51. The van der Waals surface area contributed by atoms with Crippen molar-refractivity contribution in [3.05, 3.63) is 23.8 Å². The second-order valence-corrected chi connectivity index (χ2v) is 5.80. The molecule has 3 rings (SSSR count). The van der Waals surface area contributed by atoms with E-state index >= 15 is 0 Å². The molecule has 3 unspecified atom stereocenters. The van der Waals surface area contributed by atoms with Crippen molar-refractivity contribution >= 4 is 11.6 Å². The molecule has 1 saturated carbocycles. The number of Topliss-reactive ketones (excluding diaryl/α,β-unsaturated/α-hetero) is 1. The van der Waals surface area contributed by atoms with Crippen LogP contribution in [0.3, 0.4) is 0 Å². The van der Waals surface area contributed by atoms with Gasteiger partial charge in [-0.25, -0.2) is 0 Å². The van der Waals surface area contributed by atoms with Gasteiger partial charge in [0.15, 0.2) is 22.8 Å². The Morgan fingerprint density at radius 2 is 2.11 bits per heavy atom. The molecule has 2 fully saturated rings. The standard InChI is InChI=1S/C14H16O4/c1-4-5-8-6-10(15)13(8)11(16)7-9-12(2,3)18-14(9,13)17/h4-6,9,17H,7H2,1-3H3/b5-4+. The number of ketones is 2. The van der Waals surface area contributed by atoms with Crippen molar-refractivity contribution in [3.63, 3.8) is 0 Å². The monoisotopic (exact) mass is 248 g/mol. The topological polar surface area (TPSA) is 63.6 Å². The predicted molar refractivity (Wildman–Crippen MR) is 63.6 cm³/mol. The summed E-state index contributed by atoms with van der Waals surface area (Å²) in [5.41, 5.74) is -1.44. The lowest BCUT2D eigenvalue weighted by Gasteiger charge is -2.59. The Balaban J connectivity index is 2.12. The van der Waals surface area contributed by atoms with E-state index in [1.54, 1.807) is 12.2 Å². The van der Waals surface area contributed by atoms with E-state index in [1.165, 1.54) is 6.08 Å². The van der Waals surface area contributed by atoms with Gasteiger partial charge in [0.1, 0.15) is 0 Å². The van der Waals surface area contributed by atoms with Gasteiger partial charge in [-0.1, -0.05) is 12.2 Å². The molecule has 0 bridgehead atoms. The largest absolute Gasteiger partial charge is 0.364 e. The highest BCUT2D eigenvalue weighted by Gasteiger charge is 2.81. The van der Waals surface area contributed by atoms with Gasteiger partial charge in [-0.3, -0.25) is 9.59 Å². The van der Waals surface area contributed by atoms with Crippen LogP contribution in [0.15, 0.2) is 23.8 Å². The molecular formula is C14H16O4. The molecule has 4 heteroatoms.